The summed E-state index contributed by atoms with van der Waals surface area (Å²) in [6, 6.07) is 6.50. The van der Waals surface area contributed by atoms with Gasteiger partial charge in [-0.2, -0.15) is 0 Å². The molecular formula is C20H24N4O3. The van der Waals surface area contributed by atoms with Crippen LogP contribution in [0.4, 0.5) is 0 Å². The molecule has 1 aliphatic carbocycles. The smallest absolute Gasteiger partial charge is 0.255 e. The molecule has 7 nitrogen and oxygen atoms in total. The molecule has 27 heavy (non-hydrogen) atoms. The van der Waals surface area contributed by atoms with Gasteiger partial charge in [0, 0.05) is 43.7 Å². The van der Waals surface area contributed by atoms with Crippen molar-refractivity contribution in [2.75, 3.05) is 6.54 Å². The van der Waals surface area contributed by atoms with Crippen LogP contribution in [0.1, 0.15) is 47.7 Å². The third-order valence-electron chi connectivity index (χ3n) is 6.73. The number of hydrogen-bond acceptors (Lipinski definition) is 5. The van der Waals surface area contributed by atoms with Crippen molar-refractivity contribution in [2.24, 2.45) is 5.41 Å². The van der Waals surface area contributed by atoms with Crippen LogP contribution < -0.4 is 16.0 Å². The SMILES string of the molecule is C[C@@]12CN[C@@H](C1)[C@@H]2NCc1ccc2c(c1)C(=O)N(C1CCC(=O)NC1=O)C2. The van der Waals surface area contributed by atoms with E-state index in [2.05, 4.69) is 28.9 Å². The molecule has 6 rings (SSSR count). The molecule has 4 fully saturated rings. The van der Waals surface area contributed by atoms with Crippen LogP contribution in [0, 0.1) is 5.41 Å². The van der Waals surface area contributed by atoms with E-state index in [0.29, 0.717) is 36.0 Å². The van der Waals surface area contributed by atoms with Gasteiger partial charge < -0.3 is 15.5 Å². The summed E-state index contributed by atoms with van der Waals surface area (Å²) in [7, 11) is 0. The third-order valence-corrected chi connectivity index (χ3v) is 6.73. The Labute approximate surface area is 157 Å². The molecule has 0 radical (unpaired) electrons. The topological polar surface area (TPSA) is 90.5 Å². The molecule has 4 aliphatic heterocycles. The lowest BCUT2D eigenvalue weighted by molar-refractivity contribution is -0.136. The van der Waals surface area contributed by atoms with Crippen molar-refractivity contribution in [1.29, 1.82) is 0 Å². The monoisotopic (exact) mass is 368 g/mol. The van der Waals surface area contributed by atoms with Gasteiger partial charge >= 0.3 is 0 Å². The average Bonchev–Trinajstić information content (AvgIpc) is 3.27. The number of fused-ring (bicyclic) bond motifs is 2. The summed E-state index contributed by atoms with van der Waals surface area (Å²) in [5.74, 6) is -0.740. The summed E-state index contributed by atoms with van der Waals surface area (Å²) in [5, 5.41) is 9.52. The first-order chi connectivity index (χ1) is 12.9. The van der Waals surface area contributed by atoms with E-state index in [1.807, 2.05) is 12.1 Å². The number of carbonyl (C=O) groups excluding carboxylic acids is 3. The molecule has 3 amide bonds. The zero-order chi connectivity index (χ0) is 18.8. The first kappa shape index (κ1) is 16.9. The highest BCUT2D eigenvalue weighted by Gasteiger charge is 2.55. The van der Waals surface area contributed by atoms with Gasteiger partial charge in [-0.05, 0) is 35.4 Å². The van der Waals surface area contributed by atoms with E-state index < -0.39 is 6.04 Å². The van der Waals surface area contributed by atoms with E-state index in [1.165, 1.54) is 6.42 Å². The number of rotatable bonds is 4. The van der Waals surface area contributed by atoms with Gasteiger partial charge in [0.25, 0.3) is 5.91 Å². The van der Waals surface area contributed by atoms with Crippen LogP contribution in [-0.2, 0) is 22.7 Å². The number of piperidine rings is 1. The van der Waals surface area contributed by atoms with Gasteiger partial charge in [0.15, 0.2) is 0 Å². The average molecular weight is 368 g/mol. The molecule has 0 aromatic heterocycles. The van der Waals surface area contributed by atoms with Crippen LogP contribution in [0.2, 0.25) is 0 Å². The fraction of sp³-hybridized carbons (Fsp3) is 0.550. The molecule has 3 N–H and O–H groups in total. The summed E-state index contributed by atoms with van der Waals surface area (Å²) >= 11 is 0. The van der Waals surface area contributed by atoms with Crippen molar-refractivity contribution in [3.63, 3.8) is 0 Å². The molecule has 142 valence electrons. The quantitative estimate of drug-likeness (QED) is 0.665. The maximum Gasteiger partial charge on any atom is 0.255 e. The van der Waals surface area contributed by atoms with E-state index in [1.54, 1.807) is 4.90 Å². The first-order valence-corrected chi connectivity index (χ1v) is 9.68. The Balaban J connectivity index is 1.28. The van der Waals surface area contributed by atoms with Crippen LogP contribution >= 0.6 is 0 Å². The van der Waals surface area contributed by atoms with E-state index in [4.69, 9.17) is 0 Å². The van der Waals surface area contributed by atoms with Crippen LogP contribution in [0.5, 0.6) is 0 Å². The van der Waals surface area contributed by atoms with E-state index >= 15 is 0 Å². The minimum Gasteiger partial charge on any atom is -0.322 e. The Hall–Kier alpha value is -2.25. The van der Waals surface area contributed by atoms with E-state index in [0.717, 1.165) is 24.2 Å². The van der Waals surface area contributed by atoms with Gasteiger partial charge in [0.2, 0.25) is 11.8 Å². The third kappa shape index (κ3) is 2.60. The summed E-state index contributed by atoms with van der Waals surface area (Å²) in [5.41, 5.74) is 3.06. The van der Waals surface area contributed by atoms with Crippen LogP contribution in [0.25, 0.3) is 0 Å². The zero-order valence-electron chi connectivity index (χ0n) is 15.4. The van der Waals surface area contributed by atoms with Gasteiger partial charge in [-0.15, -0.1) is 0 Å². The number of nitrogens with zero attached hydrogens (tertiary/aromatic N) is 1. The molecule has 1 aromatic rings. The molecule has 5 aliphatic rings. The molecule has 4 atom stereocenters. The number of imide groups is 1. The summed E-state index contributed by atoms with van der Waals surface area (Å²) in [6.07, 6.45) is 1.91. The molecule has 1 saturated carbocycles. The Kier molecular flexibility index (Phi) is 3.67. The number of carbonyl (C=O) groups is 3. The predicted octanol–water partition coefficient (Wildman–Crippen LogP) is 0.288. The second kappa shape index (κ2) is 5.87. The second-order valence-corrected chi connectivity index (χ2v) is 8.60. The molecular weight excluding hydrogens is 344 g/mol. The highest BCUT2D eigenvalue weighted by molar-refractivity contribution is 6.05. The fourth-order valence-corrected chi connectivity index (χ4v) is 5.14. The molecule has 4 heterocycles. The zero-order valence-corrected chi connectivity index (χ0v) is 15.4. The Morgan fingerprint density at radius 1 is 1.30 bits per heavy atom. The van der Waals surface area contributed by atoms with Gasteiger partial charge in [0.05, 0.1) is 0 Å². The van der Waals surface area contributed by atoms with Crippen LogP contribution in [0.15, 0.2) is 18.2 Å². The van der Waals surface area contributed by atoms with Gasteiger partial charge in [-0.1, -0.05) is 19.1 Å². The van der Waals surface area contributed by atoms with Crippen molar-refractivity contribution in [2.45, 2.75) is 57.4 Å². The summed E-state index contributed by atoms with van der Waals surface area (Å²) in [4.78, 5) is 38.0. The van der Waals surface area contributed by atoms with Crippen molar-refractivity contribution < 1.29 is 14.4 Å². The van der Waals surface area contributed by atoms with Crippen LogP contribution in [-0.4, -0.2) is 47.3 Å². The Morgan fingerprint density at radius 3 is 2.85 bits per heavy atom. The largest absolute Gasteiger partial charge is 0.322 e. The maximum atomic E-state index is 12.9. The fourth-order valence-electron chi connectivity index (χ4n) is 5.14. The lowest BCUT2D eigenvalue weighted by atomic mass is 9.67. The molecule has 3 saturated heterocycles. The van der Waals surface area contributed by atoms with Crippen molar-refractivity contribution in [1.82, 2.24) is 20.9 Å². The normalized spacial score (nSPS) is 34.5. The van der Waals surface area contributed by atoms with Gasteiger partial charge in [-0.25, -0.2) is 0 Å². The highest BCUT2D eigenvalue weighted by atomic mass is 16.2. The Bertz CT molecular complexity index is 850. The number of amides is 3. The minimum atomic E-state index is -0.555. The molecule has 1 aromatic carbocycles. The van der Waals surface area contributed by atoms with Gasteiger partial charge in [-0.3, -0.25) is 19.7 Å². The predicted molar refractivity (Wildman–Crippen MR) is 97.6 cm³/mol. The van der Waals surface area contributed by atoms with Gasteiger partial charge in [0.1, 0.15) is 6.04 Å². The Morgan fingerprint density at radius 2 is 2.15 bits per heavy atom. The molecule has 1 unspecified atom stereocenters. The van der Waals surface area contributed by atoms with Crippen molar-refractivity contribution in [3.8, 4) is 0 Å². The second-order valence-electron chi connectivity index (χ2n) is 8.60. The van der Waals surface area contributed by atoms with Crippen molar-refractivity contribution >= 4 is 17.7 Å². The lowest BCUT2D eigenvalue weighted by Gasteiger charge is -2.44. The van der Waals surface area contributed by atoms with Crippen LogP contribution in [0.3, 0.4) is 0 Å². The molecule has 2 bridgehead atoms. The standard InChI is InChI=1S/C20H24N4O3/c1-20-7-14(22-10-20)17(20)21-8-11-2-3-12-9-24(19(27)13(12)6-11)15-4-5-16(25)23-18(15)26/h2-3,6,14-15,17,21-22H,4-5,7-10H2,1H3,(H,23,25,26)/t14-,15?,17-,20-/m0/s1. The van der Waals surface area contributed by atoms with E-state index in [-0.39, 0.29) is 24.1 Å². The highest BCUT2D eigenvalue weighted by Crippen LogP contribution is 2.46. The molecule has 0 spiro atoms. The van der Waals surface area contributed by atoms with E-state index in [9.17, 15) is 14.4 Å². The number of benzene rings is 1. The number of nitrogens with one attached hydrogen (secondary N) is 3. The minimum absolute atomic E-state index is 0.112. The van der Waals surface area contributed by atoms with Crippen molar-refractivity contribution in [3.05, 3.63) is 34.9 Å². The summed E-state index contributed by atoms with van der Waals surface area (Å²) < 4.78 is 0. The lowest BCUT2D eigenvalue weighted by Crippen LogP contribution is -2.57. The molecule has 7 heteroatoms. The first-order valence-electron chi connectivity index (χ1n) is 9.68. The number of hydrogen-bond donors (Lipinski definition) is 3. The summed E-state index contributed by atoms with van der Waals surface area (Å²) in [6.45, 7) is 4.54. The maximum absolute atomic E-state index is 12.9.